The molecule has 1 aliphatic rings. The standard InChI is InChI=1S/C28H37Cl2N3O4/c1-21-19-23(29)7-9-25(21)36-17-3-5-27(34)31-11-12-32-13-15-33(16-14-32)28(35)6-4-18-37-26-10-8-24(30)20-22(26)2/h7-10,19-20H,3-6,11-18H2,1-2H3,(H,31,34). The first-order chi connectivity index (χ1) is 17.8. The summed E-state index contributed by atoms with van der Waals surface area (Å²) in [7, 11) is 0. The number of rotatable bonds is 13. The van der Waals surface area contributed by atoms with E-state index >= 15 is 0 Å². The molecule has 1 aliphatic heterocycles. The maximum Gasteiger partial charge on any atom is 0.222 e. The summed E-state index contributed by atoms with van der Waals surface area (Å²) in [6.07, 6.45) is 2.23. The molecule has 1 N–H and O–H groups in total. The molecule has 0 aliphatic carbocycles. The topological polar surface area (TPSA) is 71.1 Å². The van der Waals surface area contributed by atoms with Gasteiger partial charge in [-0.1, -0.05) is 23.2 Å². The number of halogens is 2. The Morgan fingerprint density at radius 3 is 1.92 bits per heavy atom. The van der Waals surface area contributed by atoms with Gasteiger partial charge in [0.1, 0.15) is 11.5 Å². The number of carbonyl (C=O) groups is 2. The molecule has 0 aromatic heterocycles. The van der Waals surface area contributed by atoms with E-state index < -0.39 is 0 Å². The van der Waals surface area contributed by atoms with Gasteiger partial charge in [-0.2, -0.15) is 0 Å². The van der Waals surface area contributed by atoms with Crippen LogP contribution < -0.4 is 14.8 Å². The van der Waals surface area contributed by atoms with E-state index in [1.165, 1.54) is 0 Å². The van der Waals surface area contributed by atoms with Crippen LogP contribution in [0.2, 0.25) is 10.0 Å². The van der Waals surface area contributed by atoms with Crippen LogP contribution in [0.15, 0.2) is 36.4 Å². The number of ether oxygens (including phenoxy) is 2. The molecule has 0 atom stereocenters. The molecule has 37 heavy (non-hydrogen) atoms. The molecule has 2 aromatic carbocycles. The number of nitrogens with one attached hydrogen (secondary N) is 1. The minimum atomic E-state index is 0.0289. The molecule has 1 heterocycles. The molecule has 1 saturated heterocycles. The lowest BCUT2D eigenvalue weighted by Gasteiger charge is -2.34. The van der Waals surface area contributed by atoms with Gasteiger partial charge in [0.15, 0.2) is 0 Å². The zero-order chi connectivity index (χ0) is 26.6. The molecule has 2 amide bonds. The second-order valence-corrected chi connectivity index (χ2v) is 10.2. The summed E-state index contributed by atoms with van der Waals surface area (Å²) < 4.78 is 11.5. The fraction of sp³-hybridized carbons (Fsp3) is 0.500. The fourth-order valence-corrected chi connectivity index (χ4v) is 4.64. The average molecular weight is 551 g/mol. The molecule has 0 spiro atoms. The van der Waals surface area contributed by atoms with Crippen molar-refractivity contribution >= 4 is 35.0 Å². The Morgan fingerprint density at radius 1 is 0.838 bits per heavy atom. The second kappa shape index (κ2) is 15.1. The van der Waals surface area contributed by atoms with Crippen LogP contribution in [0.5, 0.6) is 11.5 Å². The van der Waals surface area contributed by atoms with Gasteiger partial charge in [-0.05, 0) is 74.2 Å². The molecule has 0 unspecified atom stereocenters. The van der Waals surface area contributed by atoms with Gasteiger partial charge >= 0.3 is 0 Å². The van der Waals surface area contributed by atoms with Crippen molar-refractivity contribution in [3.05, 3.63) is 57.6 Å². The maximum atomic E-state index is 12.5. The van der Waals surface area contributed by atoms with Crippen molar-refractivity contribution in [3.63, 3.8) is 0 Å². The Kier molecular flexibility index (Phi) is 11.8. The molecule has 2 aromatic rings. The Bertz CT molecular complexity index is 1040. The lowest BCUT2D eigenvalue weighted by Crippen LogP contribution is -2.50. The number of amides is 2. The van der Waals surface area contributed by atoms with E-state index in [4.69, 9.17) is 32.7 Å². The van der Waals surface area contributed by atoms with E-state index in [1.807, 2.05) is 43.0 Å². The SMILES string of the molecule is Cc1cc(Cl)ccc1OCCCC(=O)NCCN1CCN(C(=O)CCCOc2ccc(Cl)cc2C)CC1. The summed E-state index contributed by atoms with van der Waals surface area (Å²) in [6, 6.07) is 11.0. The molecule has 0 bridgehead atoms. The Balaban J connectivity index is 1.21. The molecule has 0 radical (unpaired) electrons. The Morgan fingerprint density at radius 2 is 1.38 bits per heavy atom. The first-order valence-corrected chi connectivity index (χ1v) is 13.6. The van der Waals surface area contributed by atoms with Gasteiger partial charge in [0, 0.05) is 62.2 Å². The van der Waals surface area contributed by atoms with Crippen molar-refractivity contribution < 1.29 is 19.1 Å². The van der Waals surface area contributed by atoms with Crippen LogP contribution in [0.25, 0.3) is 0 Å². The number of aryl methyl sites for hydroxylation is 2. The van der Waals surface area contributed by atoms with Gasteiger partial charge in [-0.25, -0.2) is 0 Å². The molecule has 1 fully saturated rings. The third-order valence-electron chi connectivity index (χ3n) is 6.35. The summed E-state index contributed by atoms with van der Waals surface area (Å²) >= 11 is 11.9. The van der Waals surface area contributed by atoms with Gasteiger partial charge < -0.3 is 19.7 Å². The Labute approximate surface area is 230 Å². The van der Waals surface area contributed by atoms with Crippen LogP contribution in [0, 0.1) is 13.8 Å². The monoisotopic (exact) mass is 549 g/mol. The molecular weight excluding hydrogens is 513 g/mol. The van der Waals surface area contributed by atoms with Crippen molar-refractivity contribution in [1.29, 1.82) is 0 Å². The highest BCUT2D eigenvalue weighted by atomic mass is 35.5. The summed E-state index contributed by atoms with van der Waals surface area (Å²) in [6.45, 7) is 9.33. The normalized spacial score (nSPS) is 13.9. The predicted molar refractivity (Wildman–Crippen MR) is 148 cm³/mol. The largest absolute Gasteiger partial charge is 0.493 e. The number of piperazine rings is 1. The maximum absolute atomic E-state index is 12.5. The highest BCUT2D eigenvalue weighted by Gasteiger charge is 2.20. The van der Waals surface area contributed by atoms with Crippen molar-refractivity contribution in [3.8, 4) is 11.5 Å². The van der Waals surface area contributed by atoms with E-state index in [9.17, 15) is 9.59 Å². The van der Waals surface area contributed by atoms with Crippen molar-refractivity contribution in [2.45, 2.75) is 39.5 Å². The van der Waals surface area contributed by atoms with Gasteiger partial charge in [0.25, 0.3) is 0 Å². The van der Waals surface area contributed by atoms with Crippen molar-refractivity contribution in [2.24, 2.45) is 0 Å². The zero-order valence-electron chi connectivity index (χ0n) is 21.7. The molecule has 0 saturated carbocycles. The highest BCUT2D eigenvalue weighted by molar-refractivity contribution is 6.31. The molecule has 202 valence electrons. The highest BCUT2D eigenvalue weighted by Crippen LogP contribution is 2.23. The number of nitrogens with zero attached hydrogens (tertiary/aromatic N) is 2. The van der Waals surface area contributed by atoms with Gasteiger partial charge in [-0.3, -0.25) is 14.5 Å². The van der Waals surface area contributed by atoms with E-state index in [1.54, 1.807) is 12.1 Å². The van der Waals surface area contributed by atoms with E-state index in [0.717, 1.165) is 42.3 Å². The number of hydrogen-bond acceptors (Lipinski definition) is 5. The molecular formula is C28H37Cl2N3O4. The van der Waals surface area contributed by atoms with Crippen LogP contribution in [0.1, 0.15) is 36.8 Å². The molecule has 9 heteroatoms. The van der Waals surface area contributed by atoms with Crippen LogP contribution >= 0.6 is 23.2 Å². The van der Waals surface area contributed by atoms with Crippen LogP contribution in [0.4, 0.5) is 0 Å². The summed E-state index contributed by atoms with van der Waals surface area (Å²) in [5, 5.41) is 4.35. The number of carbonyl (C=O) groups excluding carboxylic acids is 2. The molecule has 3 rings (SSSR count). The third-order valence-corrected chi connectivity index (χ3v) is 6.82. The first kappa shape index (κ1) is 29.1. The van der Waals surface area contributed by atoms with Crippen LogP contribution in [0.3, 0.4) is 0 Å². The summed E-state index contributed by atoms with van der Waals surface area (Å²) in [4.78, 5) is 28.9. The first-order valence-electron chi connectivity index (χ1n) is 12.9. The second-order valence-electron chi connectivity index (χ2n) is 9.30. The number of hydrogen-bond donors (Lipinski definition) is 1. The van der Waals surface area contributed by atoms with Gasteiger partial charge in [0.2, 0.25) is 11.8 Å². The van der Waals surface area contributed by atoms with E-state index in [2.05, 4.69) is 10.2 Å². The fourth-order valence-electron chi connectivity index (χ4n) is 4.19. The zero-order valence-corrected chi connectivity index (χ0v) is 23.2. The lowest BCUT2D eigenvalue weighted by atomic mass is 10.2. The Hall–Kier alpha value is -2.48. The van der Waals surface area contributed by atoms with E-state index in [-0.39, 0.29) is 11.8 Å². The summed E-state index contributed by atoms with van der Waals surface area (Å²) in [5.41, 5.74) is 1.97. The van der Waals surface area contributed by atoms with Crippen molar-refractivity contribution in [1.82, 2.24) is 15.1 Å². The van der Waals surface area contributed by atoms with Crippen LogP contribution in [-0.4, -0.2) is 74.1 Å². The van der Waals surface area contributed by atoms with E-state index in [0.29, 0.717) is 68.6 Å². The van der Waals surface area contributed by atoms with Gasteiger partial charge in [-0.15, -0.1) is 0 Å². The number of benzene rings is 2. The minimum absolute atomic E-state index is 0.0289. The lowest BCUT2D eigenvalue weighted by molar-refractivity contribution is -0.133. The van der Waals surface area contributed by atoms with Crippen LogP contribution in [-0.2, 0) is 9.59 Å². The minimum Gasteiger partial charge on any atom is -0.493 e. The quantitative estimate of drug-likeness (QED) is 0.360. The smallest absolute Gasteiger partial charge is 0.222 e. The third kappa shape index (κ3) is 10.1. The van der Waals surface area contributed by atoms with Gasteiger partial charge in [0.05, 0.1) is 13.2 Å². The predicted octanol–water partition coefficient (Wildman–Crippen LogP) is 4.89. The van der Waals surface area contributed by atoms with Crippen molar-refractivity contribution in [2.75, 3.05) is 52.5 Å². The average Bonchev–Trinajstić information content (AvgIpc) is 2.87. The summed E-state index contributed by atoms with van der Waals surface area (Å²) in [5.74, 6) is 1.80. The molecule has 7 nitrogen and oxygen atoms in total.